The standard InChI is InChI=1S/C21H34FN3O3.HI/c1-2-23-21(25-12-5-13-26-16-18-10-15-27-17-18)24-11-3-4-14-28-20-8-6-19(22)7-9-20;/h6-9,18H,2-5,10-17H2,1H3,(H2,23,24,25);1H. The highest BCUT2D eigenvalue weighted by atomic mass is 127. The molecule has 2 N–H and O–H groups in total. The Kier molecular flexibility index (Phi) is 14.9. The molecule has 1 aromatic rings. The first-order valence-corrected chi connectivity index (χ1v) is 10.3. The number of nitrogens with zero attached hydrogens (tertiary/aromatic N) is 1. The third kappa shape index (κ3) is 12.2. The fraction of sp³-hybridized carbons (Fsp3) is 0.667. The van der Waals surface area contributed by atoms with Crippen molar-refractivity contribution in [1.29, 1.82) is 0 Å². The molecule has 1 unspecified atom stereocenters. The van der Waals surface area contributed by atoms with E-state index in [1.54, 1.807) is 12.1 Å². The van der Waals surface area contributed by atoms with Gasteiger partial charge in [-0.1, -0.05) is 0 Å². The predicted molar refractivity (Wildman–Crippen MR) is 125 cm³/mol. The molecule has 1 heterocycles. The van der Waals surface area contributed by atoms with E-state index in [1.807, 2.05) is 0 Å². The lowest BCUT2D eigenvalue weighted by Gasteiger charge is -2.12. The second-order valence-electron chi connectivity index (χ2n) is 6.86. The molecule has 6 nitrogen and oxygen atoms in total. The van der Waals surface area contributed by atoms with Gasteiger partial charge in [0.2, 0.25) is 0 Å². The molecule has 0 bridgehead atoms. The van der Waals surface area contributed by atoms with Crippen molar-refractivity contribution < 1.29 is 18.6 Å². The monoisotopic (exact) mass is 523 g/mol. The van der Waals surface area contributed by atoms with Gasteiger partial charge in [-0.15, -0.1) is 24.0 Å². The second kappa shape index (κ2) is 16.6. The molecule has 1 saturated heterocycles. The molecule has 8 heteroatoms. The van der Waals surface area contributed by atoms with Gasteiger partial charge in [0.05, 0.1) is 19.8 Å². The fourth-order valence-electron chi connectivity index (χ4n) is 2.82. The first kappa shape index (κ1) is 25.9. The molecular formula is C21H35FIN3O3. The van der Waals surface area contributed by atoms with Crippen molar-refractivity contribution in [2.75, 3.05) is 52.7 Å². The quantitative estimate of drug-likeness (QED) is 0.179. The predicted octanol–water partition coefficient (Wildman–Crippen LogP) is 3.60. The van der Waals surface area contributed by atoms with Crippen molar-refractivity contribution in [3.8, 4) is 5.75 Å². The Morgan fingerprint density at radius 1 is 1.17 bits per heavy atom. The molecule has 0 aliphatic carbocycles. The second-order valence-corrected chi connectivity index (χ2v) is 6.86. The van der Waals surface area contributed by atoms with Crippen molar-refractivity contribution >= 4 is 29.9 Å². The van der Waals surface area contributed by atoms with Crippen LogP contribution in [0.15, 0.2) is 29.3 Å². The van der Waals surface area contributed by atoms with Crippen molar-refractivity contribution in [2.24, 2.45) is 10.9 Å². The molecule has 166 valence electrons. The molecule has 0 saturated carbocycles. The number of guanidine groups is 1. The minimum atomic E-state index is -0.248. The normalized spacial score (nSPS) is 16.3. The topological polar surface area (TPSA) is 64.1 Å². The lowest BCUT2D eigenvalue weighted by Crippen LogP contribution is -2.38. The van der Waals surface area contributed by atoms with Gasteiger partial charge in [0, 0.05) is 38.8 Å². The fourth-order valence-corrected chi connectivity index (χ4v) is 2.82. The van der Waals surface area contributed by atoms with Gasteiger partial charge in [-0.25, -0.2) is 4.39 Å². The Bertz CT molecular complexity index is 555. The molecule has 29 heavy (non-hydrogen) atoms. The SMILES string of the molecule is CCNC(=NCCCOCC1CCOC1)NCCCCOc1ccc(F)cc1.I. The highest BCUT2D eigenvalue weighted by Gasteiger charge is 2.15. The summed E-state index contributed by atoms with van der Waals surface area (Å²) in [5.74, 6) is 1.86. The maximum Gasteiger partial charge on any atom is 0.191 e. The van der Waals surface area contributed by atoms with Crippen LogP contribution in [0.25, 0.3) is 0 Å². The number of benzene rings is 1. The summed E-state index contributed by atoms with van der Waals surface area (Å²) >= 11 is 0. The van der Waals surface area contributed by atoms with E-state index in [1.165, 1.54) is 12.1 Å². The minimum absolute atomic E-state index is 0. The zero-order valence-corrected chi connectivity index (χ0v) is 19.7. The Hall–Kier alpha value is -1.13. The third-order valence-corrected chi connectivity index (χ3v) is 4.38. The molecule has 0 amide bonds. The highest BCUT2D eigenvalue weighted by Crippen LogP contribution is 2.12. The van der Waals surface area contributed by atoms with Crippen LogP contribution in [0, 0.1) is 11.7 Å². The molecule has 1 fully saturated rings. The van der Waals surface area contributed by atoms with Crippen molar-refractivity contribution in [3.05, 3.63) is 30.1 Å². The average molecular weight is 523 g/mol. The molecular weight excluding hydrogens is 488 g/mol. The number of nitrogens with one attached hydrogen (secondary N) is 2. The van der Waals surface area contributed by atoms with Crippen molar-refractivity contribution in [3.63, 3.8) is 0 Å². The highest BCUT2D eigenvalue weighted by molar-refractivity contribution is 14.0. The first-order chi connectivity index (χ1) is 13.8. The van der Waals surface area contributed by atoms with E-state index in [-0.39, 0.29) is 29.8 Å². The summed E-state index contributed by atoms with van der Waals surface area (Å²) in [6.45, 7) is 8.31. The first-order valence-electron chi connectivity index (χ1n) is 10.3. The number of rotatable bonds is 13. The Labute approximate surface area is 191 Å². The number of ether oxygens (including phenoxy) is 3. The van der Waals surface area contributed by atoms with Crippen molar-refractivity contribution in [2.45, 2.75) is 32.6 Å². The van der Waals surface area contributed by atoms with Gasteiger partial charge in [0.25, 0.3) is 0 Å². The van der Waals surface area contributed by atoms with Crippen LogP contribution in [-0.4, -0.2) is 58.6 Å². The number of unbranched alkanes of at least 4 members (excludes halogenated alkanes) is 1. The largest absolute Gasteiger partial charge is 0.494 e. The number of halogens is 2. The van der Waals surface area contributed by atoms with E-state index >= 15 is 0 Å². The summed E-state index contributed by atoms with van der Waals surface area (Å²) in [4.78, 5) is 4.58. The summed E-state index contributed by atoms with van der Waals surface area (Å²) in [5.41, 5.74) is 0. The van der Waals surface area contributed by atoms with Crippen LogP contribution < -0.4 is 15.4 Å². The van der Waals surface area contributed by atoms with Crippen LogP contribution in [0.2, 0.25) is 0 Å². The number of hydrogen-bond donors (Lipinski definition) is 2. The van der Waals surface area contributed by atoms with Gasteiger partial charge in [-0.2, -0.15) is 0 Å². The lowest BCUT2D eigenvalue weighted by molar-refractivity contribution is 0.0893. The van der Waals surface area contributed by atoms with E-state index in [4.69, 9.17) is 14.2 Å². The van der Waals surface area contributed by atoms with Crippen molar-refractivity contribution in [1.82, 2.24) is 10.6 Å². The van der Waals surface area contributed by atoms with Crippen LogP contribution in [0.3, 0.4) is 0 Å². The maximum atomic E-state index is 12.8. The van der Waals surface area contributed by atoms with E-state index < -0.39 is 0 Å². The number of aliphatic imine (C=N–C) groups is 1. The van der Waals surface area contributed by atoms with Crippen LogP contribution >= 0.6 is 24.0 Å². The molecule has 0 spiro atoms. The van der Waals surface area contributed by atoms with Gasteiger partial charge >= 0.3 is 0 Å². The Morgan fingerprint density at radius 2 is 2.00 bits per heavy atom. The summed E-state index contributed by atoms with van der Waals surface area (Å²) in [5, 5.41) is 6.59. The third-order valence-electron chi connectivity index (χ3n) is 4.38. The van der Waals surface area contributed by atoms with E-state index in [0.717, 1.165) is 77.7 Å². The zero-order valence-electron chi connectivity index (χ0n) is 17.3. The lowest BCUT2D eigenvalue weighted by atomic mass is 10.1. The molecule has 1 atom stereocenters. The van der Waals surface area contributed by atoms with Crippen LogP contribution in [0.5, 0.6) is 5.75 Å². The maximum absolute atomic E-state index is 12.8. The van der Waals surface area contributed by atoms with Crippen LogP contribution in [0.4, 0.5) is 4.39 Å². The molecule has 1 aliphatic heterocycles. The number of hydrogen-bond acceptors (Lipinski definition) is 4. The summed E-state index contributed by atoms with van der Waals surface area (Å²) in [6, 6.07) is 6.11. The Balaban J connectivity index is 0.00000420. The van der Waals surface area contributed by atoms with Gasteiger partial charge in [0.15, 0.2) is 5.96 Å². The molecule has 0 radical (unpaired) electrons. The molecule has 1 aliphatic rings. The molecule has 0 aromatic heterocycles. The molecule has 1 aromatic carbocycles. The molecule has 2 rings (SSSR count). The summed E-state index contributed by atoms with van der Waals surface area (Å²) in [7, 11) is 0. The van der Waals surface area contributed by atoms with Gasteiger partial charge in [0.1, 0.15) is 11.6 Å². The Morgan fingerprint density at radius 3 is 2.72 bits per heavy atom. The summed E-state index contributed by atoms with van der Waals surface area (Å²) < 4.78 is 29.5. The van der Waals surface area contributed by atoms with E-state index in [9.17, 15) is 4.39 Å². The smallest absolute Gasteiger partial charge is 0.191 e. The van der Waals surface area contributed by atoms with E-state index in [0.29, 0.717) is 18.3 Å². The summed E-state index contributed by atoms with van der Waals surface area (Å²) in [6.07, 6.45) is 3.91. The van der Waals surface area contributed by atoms with Crippen LogP contribution in [0.1, 0.15) is 32.6 Å². The van der Waals surface area contributed by atoms with Crippen LogP contribution in [-0.2, 0) is 9.47 Å². The van der Waals surface area contributed by atoms with Gasteiger partial charge in [-0.3, -0.25) is 4.99 Å². The average Bonchev–Trinajstić information content (AvgIpc) is 3.22. The van der Waals surface area contributed by atoms with Gasteiger partial charge < -0.3 is 24.8 Å². The zero-order chi connectivity index (χ0) is 19.9. The van der Waals surface area contributed by atoms with Gasteiger partial charge in [-0.05, 0) is 56.9 Å². The minimum Gasteiger partial charge on any atom is -0.494 e. The van der Waals surface area contributed by atoms with E-state index in [2.05, 4.69) is 22.5 Å².